The molecular formula is C16H24N4O3. The standard InChI is InChI=1S/C16H24N4O3/c1-15(7-8-15)13(21)19(3)17-11-5-6-12(23-11)18-20(4)14(22)16(2)9-10-16/h5-6,17-18H,7-10H2,1-4H3. The van der Waals surface area contributed by atoms with Crippen LogP contribution in [0.2, 0.25) is 0 Å². The second kappa shape index (κ2) is 5.18. The van der Waals surface area contributed by atoms with Crippen molar-refractivity contribution in [2.45, 2.75) is 39.5 Å². The number of carbonyl (C=O) groups is 2. The van der Waals surface area contributed by atoms with E-state index in [4.69, 9.17) is 4.42 Å². The first-order valence-electron chi connectivity index (χ1n) is 7.93. The molecule has 126 valence electrons. The van der Waals surface area contributed by atoms with E-state index in [1.807, 2.05) is 13.8 Å². The average Bonchev–Trinajstić information content (AvgIpc) is 3.40. The Kier molecular flexibility index (Phi) is 3.54. The molecule has 1 heterocycles. The quantitative estimate of drug-likeness (QED) is 0.787. The van der Waals surface area contributed by atoms with Crippen LogP contribution in [0.25, 0.3) is 0 Å². The molecule has 0 spiro atoms. The minimum Gasteiger partial charge on any atom is -0.422 e. The Hall–Kier alpha value is -2.18. The first-order valence-corrected chi connectivity index (χ1v) is 7.93. The predicted molar refractivity (Wildman–Crippen MR) is 86.2 cm³/mol. The van der Waals surface area contributed by atoms with E-state index in [-0.39, 0.29) is 22.6 Å². The fourth-order valence-corrected chi connectivity index (χ4v) is 2.50. The number of nitrogens with zero attached hydrogens (tertiary/aromatic N) is 2. The summed E-state index contributed by atoms with van der Waals surface area (Å²) in [5, 5.41) is 2.91. The summed E-state index contributed by atoms with van der Waals surface area (Å²) in [4.78, 5) is 24.4. The number of amides is 2. The Labute approximate surface area is 135 Å². The van der Waals surface area contributed by atoms with E-state index in [2.05, 4.69) is 10.9 Å². The van der Waals surface area contributed by atoms with Gasteiger partial charge in [0.05, 0.1) is 0 Å². The molecular weight excluding hydrogens is 296 g/mol. The Bertz CT molecular complexity index is 579. The van der Waals surface area contributed by atoms with Gasteiger partial charge >= 0.3 is 0 Å². The van der Waals surface area contributed by atoms with Crippen LogP contribution in [0.15, 0.2) is 16.5 Å². The van der Waals surface area contributed by atoms with Crippen molar-refractivity contribution in [3.8, 4) is 0 Å². The van der Waals surface area contributed by atoms with Crippen LogP contribution in [0, 0.1) is 10.8 Å². The topological polar surface area (TPSA) is 77.8 Å². The molecule has 2 N–H and O–H groups in total. The number of hydrogen-bond acceptors (Lipinski definition) is 5. The van der Waals surface area contributed by atoms with Crippen LogP contribution >= 0.6 is 0 Å². The fourth-order valence-electron chi connectivity index (χ4n) is 2.50. The minimum absolute atomic E-state index is 0.0531. The summed E-state index contributed by atoms with van der Waals surface area (Å²) in [6.07, 6.45) is 3.70. The van der Waals surface area contributed by atoms with Crippen molar-refractivity contribution in [3.05, 3.63) is 12.1 Å². The lowest BCUT2D eigenvalue weighted by Crippen LogP contribution is -2.37. The maximum Gasteiger partial charge on any atom is 0.246 e. The van der Waals surface area contributed by atoms with Gasteiger partial charge in [-0.05, 0) is 25.7 Å². The zero-order valence-corrected chi connectivity index (χ0v) is 14.1. The third-order valence-electron chi connectivity index (χ3n) is 4.80. The third kappa shape index (κ3) is 3.13. The monoisotopic (exact) mass is 320 g/mol. The van der Waals surface area contributed by atoms with Crippen molar-refractivity contribution in [1.82, 2.24) is 10.0 Å². The molecule has 2 aliphatic rings. The molecule has 0 aromatic carbocycles. The van der Waals surface area contributed by atoms with E-state index in [9.17, 15) is 9.59 Å². The zero-order chi connectivity index (χ0) is 16.8. The highest BCUT2D eigenvalue weighted by molar-refractivity contribution is 5.86. The molecule has 3 rings (SSSR count). The lowest BCUT2D eigenvalue weighted by molar-refractivity contribution is -0.134. The smallest absolute Gasteiger partial charge is 0.246 e. The van der Waals surface area contributed by atoms with Crippen molar-refractivity contribution in [3.63, 3.8) is 0 Å². The van der Waals surface area contributed by atoms with Gasteiger partial charge in [-0.1, -0.05) is 13.8 Å². The van der Waals surface area contributed by atoms with Gasteiger partial charge in [-0.2, -0.15) is 0 Å². The third-order valence-corrected chi connectivity index (χ3v) is 4.80. The minimum atomic E-state index is -0.234. The Balaban J connectivity index is 1.55. The van der Waals surface area contributed by atoms with E-state index < -0.39 is 0 Å². The van der Waals surface area contributed by atoms with Gasteiger partial charge in [0.2, 0.25) is 23.6 Å². The number of hydrogen-bond donors (Lipinski definition) is 2. The van der Waals surface area contributed by atoms with Gasteiger partial charge in [-0.25, -0.2) is 0 Å². The Morgan fingerprint density at radius 3 is 1.57 bits per heavy atom. The first-order chi connectivity index (χ1) is 10.7. The first kappa shape index (κ1) is 15.7. The molecule has 2 saturated carbocycles. The van der Waals surface area contributed by atoms with Crippen molar-refractivity contribution in [1.29, 1.82) is 0 Å². The highest BCUT2D eigenvalue weighted by Crippen LogP contribution is 2.47. The van der Waals surface area contributed by atoms with E-state index in [0.717, 1.165) is 25.7 Å². The average molecular weight is 320 g/mol. The molecule has 7 heteroatoms. The largest absolute Gasteiger partial charge is 0.422 e. The van der Waals surface area contributed by atoms with Crippen LogP contribution in [0.5, 0.6) is 0 Å². The van der Waals surface area contributed by atoms with E-state index >= 15 is 0 Å². The molecule has 1 aromatic rings. The van der Waals surface area contributed by atoms with Crippen LogP contribution in [-0.2, 0) is 9.59 Å². The number of anilines is 2. The van der Waals surface area contributed by atoms with E-state index in [0.29, 0.717) is 11.8 Å². The lowest BCUT2D eigenvalue weighted by Gasteiger charge is -2.22. The molecule has 0 unspecified atom stereocenters. The second-order valence-electron chi connectivity index (χ2n) is 7.24. The van der Waals surface area contributed by atoms with Crippen LogP contribution in [0.3, 0.4) is 0 Å². The Morgan fingerprint density at radius 2 is 1.26 bits per heavy atom. The molecule has 0 bridgehead atoms. The second-order valence-corrected chi connectivity index (χ2v) is 7.24. The number of rotatable bonds is 6. The fraction of sp³-hybridized carbons (Fsp3) is 0.625. The maximum absolute atomic E-state index is 12.2. The SMILES string of the molecule is CN(Nc1ccc(NN(C)C(=O)C2(C)CC2)o1)C(=O)C1(C)CC1. The highest BCUT2D eigenvalue weighted by Gasteiger charge is 2.47. The molecule has 0 radical (unpaired) electrons. The molecule has 0 aliphatic heterocycles. The summed E-state index contributed by atoms with van der Waals surface area (Å²) >= 11 is 0. The summed E-state index contributed by atoms with van der Waals surface area (Å²) in [7, 11) is 3.37. The maximum atomic E-state index is 12.2. The van der Waals surface area contributed by atoms with Crippen LogP contribution < -0.4 is 10.9 Å². The van der Waals surface area contributed by atoms with Crippen LogP contribution in [0.1, 0.15) is 39.5 Å². The summed E-state index contributed by atoms with van der Waals surface area (Å²) in [5.74, 6) is 1.01. The van der Waals surface area contributed by atoms with Crippen molar-refractivity contribution < 1.29 is 14.0 Å². The van der Waals surface area contributed by atoms with Gasteiger partial charge < -0.3 is 4.42 Å². The number of nitrogens with one attached hydrogen (secondary N) is 2. The molecule has 0 saturated heterocycles. The Morgan fingerprint density at radius 1 is 0.913 bits per heavy atom. The summed E-state index contributed by atoms with van der Waals surface area (Å²) in [6, 6.07) is 3.44. The molecule has 1 aromatic heterocycles. The number of carbonyl (C=O) groups excluding carboxylic acids is 2. The molecule has 0 atom stereocenters. The summed E-state index contributed by atoms with van der Waals surface area (Å²) in [5.41, 5.74) is 5.39. The van der Waals surface area contributed by atoms with Crippen molar-refractivity contribution in [2.24, 2.45) is 10.8 Å². The van der Waals surface area contributed by atoms with E-state index in [1.54, 1.807) is 26.2 Å². The predicted octanol–water partition coefficient (Wildman–Crippen LogP) is 2.45. The van der Waals surface area contributed by atoms with Gasteiger partial charge in [0.25, 0.3) is 0 Å². The van der Waals surface area contributed by atoms with Crippen molar-refractivity contribution in [2.75, 3.05) is 24.9 Å². The van der Waals surface area contributed by atoms with Crippen LogP contribution in [-0.4, -0.2) is 35.9 Å². The van der Waals surface area contributed by atoms with Gasteiger partial charge in [0.15, 0.2) is 0 Å². The lowest BCUT2D eigenvalue weighted by atomic mass is 10.1. The van der Waals surface area contributed by atoms with E-state index in [1.165, 1.54) is 10.0 Å². The summed E-state index contributed by atoms with van der Waals surface area (Å²) < 4.78 is 5.58. The van der Waals surface area contributed by atoms with Gasteiger partial charge in [0.1, 0.15) is 0 Å². The van der Waals surface area contributed by atoms with Crippen LogP contribution in [0.4, 0.5) is 11.8 Å². The molecule has 2 aliphatic carbocycles. The summed E-state index contributed by atoms with van der Waals surface area (Å²) in [6.45, 7) is 3.92. The molecule has 2 fully saturated rings. The molecule has 23 heavy (non-hydrogen) atoms. The van der Waals surface area contributed by atoms with Gasteiger partial charge in [-0.15, -0.1) is 0 Å². The molecule has 7 nitrogen and oxygen atoms in total. The normalized spacial score (nSPS) is 19.7. The van der Waals surface area contributed by atoms with Crippen molar-refractivity contribution >= 4 is 23.6 Å². The highest BCUT2D eigenvalue weighted by atomic mass is 16.4. The molecule has 2 amide bonds. The number of furan rings is 1. The van der Waals surface area contributed by atoms with Gasteiger partial charge in [0, 0.05) is 37.1 Å². The van der Waals surface area contributed by atoms with Gasteiger partial charge in [-0.3, -0.25) is 30.5 Å². The number of hydrazine groups is 2. The zero-order valence-electron chi connectivity index (χ0n) is 14.1.